The molecule has 0 aliphatic heterocycles. The van der Waals surface area contributed by atoms with E-state index in [2.05, 4.69) is 135 Å². The summed E-state index contributed by atoms with van der Waals surface area (Å²) in [6.07, 6.45) is 0. The van der Waals surface area contributed by atoms with Crippen LogP contribution >= 0.6 is 11.3 Å². The van der Waals surface area contributed by atoms with Gasteiger partial charge in [0.2, 0.25) is 0 Å². The molecule has 0 aliphatic carbocycles. The van der Waals surface area contributed by atoms with Gasteiger partial charge in [-0.2, -0.15) is 0 Å². The summed E-state index contributed by atoms with van der Waals surface area (Å²) in [6.45, 7) is 4.57. The maximum Gasteiger partial charge on any atom is 0.0794 e. The van der Waals surface area contributed by atoms with Crippen molar-refractivity contribution in [2.45, 2.75) is 19.8 Å². The summed E-state index contributed by atoms with van der Waals surface area (Å²) in [7, 11) is 0. The minimum atomic E-state index is 0.496. The first-order valence-electron chi connectivity index (χ1n) is 13.9. The maximum atomic E-state index is 5.29. The standard InChI is InChI=1S/C38H27NS/c1-23(2)26-16-8-18-33-34-19-9-17-27(38(34)40-37(26)33)24-10-7-11-25(22-24)35-21-20-32-30-14-4-3-12-28(30)29-13-5-6-15-31(29)36(32)39-35/h3-23H,1-2H3. The van der Waals surface area contributed by atoms with Gasteiger partial charge in [0.25, 0.3) is 0 Å². The molecule has 8 aromatic rings. The van der Waals surface area contributed by atoms with E-state index in [-0.39, 0.29) is 0 Å². The van der Waals surface area contributed by atoms with Crippen LogP contribution < -0.4 is 0 Å². The molecular formula is C38H27NS. The van der Waals surface area contributed by atoms with Gasteiger partial charge in [-0.3, -0.25) is 0 Å². The number of pyridine rings is 1. The average Bonchev–Trinajstić information content (AvgIpc) is 3.40. The first kappa shape index (κ1) is 23.4. The van der Waals surface area contributed by atoms with Gasteiger partial charge in [-0.1, -0.05) is 117 Å². The van der Waals surface area contributed by atoms with Gasteiger partial charge in [0.15, 0.2) is 0 Å². The molecule has 6 aromatic carbocycles. The summed E-state index contributed by atoms with van der Waals surface area (Å²) < 4.78 is 2.76. The van der Waals surface area contributed by atoms with Crippen LogP contribution in [-0.4, -0.2) is 4.98 Å². The maximum absolute atomic E-state index is 5.29. The zero-order valence-electron chi connectivity index (χ0n) is 22.5. The molecule has 2 heteroatoms. The van der Waals surface area contributed by atoms with Crippen LogP contribution in [0.15, 0.2) is 121 Å². The molecule has 0 saturated carbocycles. The summed E-state index contributed by atoms with van der Waals surface area (Å²) in [5.41, 5.74) is 7.14. The highest BCUT2D eigenvalue weighted by Crippen LogP contribution is 2.43. The van der Waals surface area contributed by atoms with Gasteiger partial charge in [0.1, 0.15) is 0 Å². The van der Waals surface area contributed by atoms with E-state index in [1.807, 2.05) is 11.3 Å². The smallest absolute Gasteiger partial charge is 0.0794 e. The van der Waals surface area contributed by atoms with E-state index in [4.69, 9.17) is 4.98 Å². The average molecular weight is 530 g/mol. The second kappa shape index (κ2) is 9.01. The largest absolute Gasteiger partial charge is 0.247 e. The molecule has 0 saturated heterocycles. The van der Waals surface area contributed by atoms with Gasteiger partial charge in [-0.25, -0.2) is 4.98 Å². The number of aromatic nitrogens is 1. The van der Waals surface area contributed by atoms with E-state index < -0.39 is 0 Å². The molecule has 0 amide bonds. The van der Waals surface area contributed by atoms with Crippen molar-refractivity contribution in [2.24, 2.45) is 0 Å². The second-order valence-corrected chi connectivity index (χ2v) is 11.9. The molecule has 2 heterocycles. The Kier molecular flexibility index (Phi) is 5.26. The fraction of sp³-hybridized carbons (Fsp3) is 0.0789. The molecule has 0 spiro atoms. The van der Waals surface area contributed by atoms with Gasteiger partial charge < -0.3 is 0 Å². The van der Waals surface area contributed by atoms with Crippen molar-refractivity contribution in [2.75, 3.05) is 0 Å². The third kappa shape index (κ3) is 3.50. The van der Waals surface area contributed by atoms with E-state index in [0.717, 1.165) is 16.8 Å². The molecule has 0 atom stereocenters. The molecule has 0 bridgehead atoms. The Morgan fingerprint density at radius 1 is 0.500 bits per heavy atom. The molecule has 0 radical (unpaired) electrons. The van der Waals surface area contributed by atoms with E-state index in [0.29, 0.717) is 5.92 Å². The first-order valence-corrected chi connectivity index (χ1v) is 14.7. The highest BCUT2D eigenvalue weighted by Gasteiger charge is 2.15. The zero-order chi connectivity index (χ0) is 26.8. The van der Waals surface area contributed by atoms with Gasteiger partial charge in [-0.05, 0) is 57.0 Å². The predicted molar refractivity (Wildman–Crippen MR) is 175 cm³/mol. The van der Waals surface area contributed by atoms with E-state index >= 15 is 0 Å². The highest BCUT2D eigenvalue weighted by atomic mass is 32.1. The van der Waals surface area contributed by atoms with Gasteiger partial charge in [0.05, 0.1) is 11.2 Å². The summed E-state index contributed by atoms with van der Waals surface area (Å²) in [4.78, 5) is 5.29. The fourth-order valence-corrected chi connectivity index (χ4v) is 7.79. The van der Waals surface area contributed by atoms with Crippen molar-refractivity contribution in [1.82, 2.24) is 4.98 Å². The Morgan fingerprint density at radius 2 is 1.07 bits per heavy atom. The molecule has 2 aromatic heterocycles. The molecule has 0 fully saturated rings. The molecule has 0 unspecified atom stereocenters. The SMILES string of the molecule is CC(C)c1cccc2c1sc1c(-c3cccc(-c4ccc5c6ccccc6c6ccccc6c5n4)c3)cccc12. The second-order valence-electron chi connectivity index (χ2n) is 10.9. The predicted octanol–water partition coefficient (Wildman–Crippen LogP) is 11.4. The number of benzene rings is 6. The first-order chi connectivity index (χ1) is 19.7. The summed E-state index contributed by atoms with van der Waals surface area (Å²) in [5.74, 6) is 0.496. The molecule has 0 aliphatic rings. The lowest BCUT2D eigenvalue weighted by atomic mass is 9.96. The van der Waals surface area contributed by atoms with E-state index in [1.54, 1.807) is 0 Å². The Labute approximate surface area is 237 Å². The lowest BCUT2D eigenvalue weighted by Crippen LogP contribution is -1.90. The van der Waals surface area contributed by atoms with Gasteiger partial charge in [-0.15, -0.1) is 11.3 Å². The molecule has 8 rings (SSSR count). The third-order valence-corrected chi connectivity index (χ3v) is 9.53. The van der Waals surface area contributed by atoms with Crippen molar-refractivity contribution in [3.63, 3.8) is 0 Å². The monoisotopic (exact) mass is 529 g/mol. The number of hydrogen-bond donors (Lipinski definition) is 0. The molecule has 0 N–H and O–H groups in total. The molecule has 1 nitrogen and oxygen atoms in total. The van der Waals surface area contributed by atoms with E-state index in [9.17, 15) is 0 Å². The van der Waals surface area contributed by atoms with Crippen LogP contribution in [0.3, 0.4) is 0 Å². The van der Waals surface area contributed by atoms with Gasteiger partial charge >= 0.3 is 0 Å². The van der Waals surface area contributed by atoms with E-state index in [1.165, 1.54) is 63.8 Å². The lowest BCUT2D eigenvalue weighted by Gasteiger charge is -2.12. The molecule has 40 heavy (non-hydrogen) atoms. The van der Waals surface area contributed by atoms with Crippen molar-refractivity contribution in [3.8, 4) is 22.4 Å². The Hall–Kier alpha value is -4.53. The van der Waals surface area contributed by atoms with Crippen molar-refractivity contribution >= 4 is 64.0 Å². The molecular weight excluding hydrogens is 502 g/mol. The number of hydrogen-bond acceptors (Lipinski definition) is 2. The minimum absolute atomic E-state index is 0.496. The topological polar surface area (TPSA) is 12.9 Å². The van der Waals surface area contributed by atoms with Crippen LogP contribution in [0.4, 0.5) is 0 Å². The van der Waals surface area contributed by atoms with Gasteiger partial charge in [0, 0.05) is 36.5 Å². The quantitative estimate of drug-likeness (QED) is 0.207. The normalized spacial score (nSPS) is 12.0. The molecule has 190 valence electrons. The van der Waals surface area contributed by atoms with Crippen LogP contribution in [0.5, 0.6) is 0 Å². The van der Waals surface area contributed by atoms with Crippen molar-refractivity contribution < 1.29 is 0 Å². The highest BCUT2D eigenvalue weighted by molar-refractivity contribution is 7.26. The third-order valence-electron chi connectivity index (χ3n) is 8.23. The summed E-state index contributed by atoms with van der Waals surface area (Å²) in [6, 6.07) is 44.1. The van der Waals surface area contributed by atoms with Crippen molar-refractivity contribution in [3.05, 3.63) is 127 Å². The fourth-order valence-electron chi connectivity index (χ4n) is 6.29. The number of thiophene rings is 1. The number of rotatable bonds is 3. The lowest BCUT2D eigenvalue weighted by molar-refractivity contribution is 0.878. The van der Waals surface area contributed by atoms with Crippen LogP contribution in [-0.2, 0) is 0 Å². The minimum Gasteiger partial charge on any atom is -0.247 e. The van der Waals surface area contributed by atoms with Crippen LogP contribution in [0.25, 0.3) is 75.0 Å². The van der Waals surface area contributed by atoms with Crippen molar-refractivity contribution in [1.29, 1.82) is 0 Å². The Bertz CT molecular complexity index is 2220. The number of fused-ring (bicyclic) bond motifs is 9. The Balaban J connectivity index is 1.32. The summed E-state index contributed by atoms with van der Waals surface area (Å²) >= 11 is 1.93. The Morgan fingerprint density at radius 3 is 1.82 bits per heavy atom. The number of nitrogens with zero attached hydrogens (tertiary/aromatic N) is 1. The van der Waals surface area contributed by atoms with Crippen LogP contribution in [0, 0.1) is 0 Å². The van der Waals surface area contributed by atoms with Crippen LogP contribution in [0.2, 0.25) is 0 Å². The summed E-state index contributed by atoms with van der Waals surface area (Å²) in [5, 5.41) is 8.88. The van der Waals surface area contributed by atoms with Crippen LogP contribution in [0.1, 0.15) is 25.3 Å². The zero-order valence-corrected chi connectivity index (χ0v) is 23.3.